The molecule has 2 atom stereocenters. The maximum Gasteiger partial charge on any atom is 0.147 e. The van der Waals surface area contributed by atoms with Crippen LogP contribution < -0.4 is 20.5 Å². The molecule has 5 rings (SSSR count). The third kappa shape index (κ3) is 3.06. The van der Waals surface area contributed by atoms with Crippen LogP contribution in [0.25, 0.3) is 15.8 Å². The molecule has 0 radical (unpaired) electrons. The number of hydrogen-bond acceptors (Lipinski definition) is 7. The van der Waals surface area contributed by atoms with Gasteiger partial charge in [0.25, 0.3) is 0 Å². The number of fused-ring (bicyclic) bond motifs is 4. The van der Waals surface area contributed by atoms with Gasteiger partial charge in [-0.05, 0) is 50.3 Å². The van der Waals surface area contributed by atoms with Crippen molar-refractivity contribution < 1.29 is 4.42 Å². The summed E-state index contributed by atoms with van der Waals surface area (Å²) >= 11 is 1.71. The van der Waals surface area contributed by atoms with E-state index in [1.54, 1.807) is 23.9 Å². The van der Waals surface area contributed by atoms with Crippen LogP contribution in [-0.4, -0.2) is 22.7 Å². The van der Waals surface area contributed by atoms with Crippen LogP contribution in [0.1, 0.15) is 52.2 Å². The molecule has 30 heavy (non-hydrogen) atoms. The monoisotopic (exact) mass is 423 g/mol. The Bertz CT molecular complexity index is 1190. The second kappa shape index (κ2) is 7.17. The molecular weight excluding hydrogens is 394 g/mol. The van der Waals surface area contributed by atoms with Crippen molar-refractivity contribution in [3.63, 3.8) is 0 Å². The summed E-state index contributed by atoms with van der Waals surface area (Å²) in [4.78, 5) is 14.6. The Kier molecular flexibility index (Phi) is 4.71. The molecule has 0 aromatic carbocycles. The molecule has 1 aliphatic heterocycles. The first-order chi connectivity index (χ1) is 14.5. The molecule has 2 N–H and O–H groups in total. The normalized spacial score (nSPS) is 24.9. The third-order valence-electron chi connectivity index (χ3n) is 6.83. The number of furan rings is 1. The van der Waals surface area contributed by atoms with Crippen molar-refractivity contribution in [1.82, 2.24) is 15.3 Å². The smallest absolute Gasteiger partial charge is 0.147 e. The number of thiophene rings is 1. The van der Waals surface area contributed by atoms with Gasteiger partial charge in [0.1, 0.15) is 28.2 Å². The zero-order valence-corrected chi connectivity index (χ0v) is 18.9. The number of anilines is 1. The number of aromatic nitrogens is 2. The molecule has 1 saturated carbocycles. The lowest BCUT2D eigenvalue weighted by Crippen LogP contribution is -2.55. The summed E-state index contributed by atoms with van der Waals surface area (Å²) in [5, 5.41) is 8.29. The number of nitrogens with one attached hydrogen (secondary N) is 2. The molecule has 1 aliphatic carbocycles. The van der Waals surface area contributed by atoms with Crippen molar-refractivity contribution >= 4 is 32.9 Å². The summed E-state index contributed by atoms with van der Waals surface area (Å²) in [6.07, 6.45) is 7.81. The molecule has 2 aliphatic rings. The van der Waals surface area contributed by atoms with Gasteiger partial charge in [-0.3, -0.25) is 10.3 Å². The highest BCUT2D eigenvalue weighted by molar-refractivity contribution is 7.17. The van der Waals surface area contributed by atoms with E-state index >= 15 is 0 Å². The van der Waals surface area contributed by atoms with Crippen LogP contribution in [0, 0.1) is 11.3 Å². The van der Waals surface area contributed by atoms with Crippen LogP contribution in [-0.2, 0) is 6.54 Å². The molecule has 4 heterocycles. The molecule has 0 amide bonds. The summed E-state index contributed by atoms with van der Waals surface area (Å²) in [5.41, 5.74) is 2.63. The molecule has 0 bridgehead atoms. The first kappa shape index (κ1) is 19.7. The maximum atomic E-state index is 5.47. The van der Waals surface area contributed by atoms with Gasteiger partial charge in [0.05, 0.1) is 23.0 Å². The molecule has 0 saturated heterocycles. The second-order valence-corrected chi connectivity index (χ2v) is 10.2. The first-order valence-corrected chi connectivity index (χ1v) is 11.6. The van der Waals surface area contributed by atoms with Crippen LogP contribution in [0.5, 0.6) is 0 Å². The van der Waals surface area contributed by atoms with Crippen LogP contribution in [0.15, 0.2) is 34.1 Å². The van der Waals surface area contributed by atoms with E-state index in [9.17, 15) is 0 Å². The fraction of sp³-hybridized carbons (Fsp3) is 0.522. The van der Waals surface area contributed by atoms with E-state index in [-0.39, 0.29) is 5.66 Å². The van der Waals surface area contributed by atoms with Crippen molar-refractivity contribution in [2.24, 2.45) is 16.3 Å². The number of nitrogens with zero attached hydrogens (tertiary/aromatic N) is 3. The van der Waals surface area contributed by atoms with Gasteiger partial charge < -0.3 is 9.73 Å². The Labute approximate surface area is 180 Å². The molecule has 158 valence electrons. The minimum Gasteiger partial charge on any atom is -0.467 e. The van der Waals surface area contributed by atoms with E-state index in [1.807, 2.05) is 12.1 Å². The maximum absolute atomic E-state index is 5.47. The molecular formula is C23H29N5OS. The SMILES string of the molecule is CCC1(NC)N=c2sc3c(NCc4ccco4)ncnc3c2=C2CC(C)(C)CCC21. The first-order valence-electron chi connectivity index (χ1n) is 10.8. The fourth-order valence-corrected chi connectivity index (χ4v) is 6.40. The summed E-state index contributed by atoms with van der Waals surface area (Å²) < 4.78 is 7.63. The molecule has 0 spiro atoms. The lowest BCUT2D eigenvalue weighted by atomic mass is 9.65. The third-order valence-corrected chi connectivity index (χ3v) is 7.91. The minimum atomic E-state index is -0.227. The van der Waals surface area contributed by atoms with Gasteiger partial charge in [-0.15, -0.1) is 11.3 Å². The van der Waals surface area contributed by atoms with Crippen LogP contribution in [0.4, 0.5) is 5.82 Å². The van der Waals surface area contributed by atoms with Gasteiger partial charge in [0.2, 0.25) is 0 Å². The summed E-state index contributed by atoms with van der Waals surface area (Å²) in [7, 11) is 2.05. The zero-order valence-electron chi connectivity index (χ0n) is 18.1. The van der Waals surface area contributed by atoms with E-state index in [4.69, 9.17) is 14.4 Å². The molecule has 3 aromatic heterocycles. The molecule has 1 fully saturated rings. The van der Waals surface area contributed by atoms with Gasteiger partial charge in [-0.2, -0.15) is 0 Å². The van der Waals surface area contributed by atoms with E-state index < -0.39 is 0 Å². The van der Waals surface area contributed by atoms with Crippen molar-refractivity contribution in [2.45, 2.75) is 58.7 Å². The highest BCUT2D eigenvalue weighted by Gasteiger charge is 2.45. The van der Waals surface area contributed by atoms with Crippen molar-refractivity contribution in [1.29, 1.82) is 0 Å². The standard InChI is InChI=1S/C23H29N5OS/c1-5-23(24-4)16-8-9-22(2,3)11-15(16)17-18-19(30-21(17)28-23)20(27-13-26-18)25-12-14-7-6-10-29-14/h6-7,10,13,16,24H,5,8-9,11-12H2,1-4H3,(H,25,26,27). The lowest BCUT2D eigenvalue weighted by molar-refractivity contribution is 0.181. The highest BCUT2D eigenvalue weighted by atomic mass is 32.1. The highest BCUT2D eigenvalue weighted by Crippen LogP contribution is 2.48. The largest absolute Gasteiger partial charge is 0.467 e. The zero-order chi connectivity index (χ0) is 20.9. The van der Waals surface area contributed by atoms with E-state index in [1.165, 1.54) is 17.2 Å². The number of hydrogen-bond donors (Lipinski definition) is 2. The quantitative estimate of drug-likeness (QED) is 0.652. The average molecular weight is 424 g/mol. The van der Waals surface area contributed by atoms with Crippen LogP contribution in [0.3, 0.4) is 0 Å². The van der Waals surface area contributed by atoms with E-state index in [0.29, 0.717) is 17.9 Å². The van der Waals surface area contributed by atoms with E-state index in [0.717, 1.165) is 45.7 Å². The summed E-state index contributed by atoms with van der Waals surface area (Å²) in [6.45, 7) is 7.61. The van der Waals surface area contributed by atoms with Crippen molar-refractivity contribution in [2.75, 3.05) is 12.4 Å². The molecule has 7 heteroatoms. The van der Waals surface area contributed by atoms with Gasteiger partial charge in [-0.25, -0.2) is 9.97 Å². The topological polar surface area (TPSA) is 75.3 Å². The fourth-order valence-electron chi connectivity index (χ4n) is 5.19. The van der Waals surface area contributed by atoms with Crippen LogP contribution >= 0.6 is 11.3 Å². The Morgan fingerprint density at radius 3 is 2.90 bits per heavy atom. The summed E-state index contributed by atoms with van der Waals surface area (Å²) in [5.74, 6) is 2.15. The van der Waals surface area contributed by atoms with Gasteiger partial charge in [0.15, 0.2) is 0 Å². The molecule has 3 aromatic rings. The van der Waals surface area contributed by atoms with Crippen molar-refractivity contribution in [3.05, 3.63) is 40.4 Å². The Balaban J connectivity index is 1.71. The molecule has 2 unspecified atom stereocenters. The molecule has 6 nitrogen and oxygen atoms in total. The van der Waals surface area contributed by atoms with E-state index in [2.05, 4.69) is 43.4 Å². The summed E-state index contributed by atoms with van der Waals surface area (Å²) in [6, 6.07) is 3.87. The van der Waals surface area contributed by atoms with Crippen LogP contribution in [0.2, 0.25) is 0 Å². The predicted molar refractivity (Wildman–Crippen MR) is 121 cm³/mol. The Morgan fingerprint density at radius 2 is 2.17 bits per heavy atom. The average Bonchev–Trinajstić information content (AvgIpc) is 3.38. The Hall–Kier alpha value is -2.25. The van der Waals surface area contributed by atoms with Crippen molar-refractivity contribution in [3.8, 4) is 0 Å². The van der Waals surface area contributed by atoms with Gasteiger partial charge >= 0.3 is 0 Å². The number of rotatable bonds is 5. The predicted octanol–water partition coefficient (Wildman–Crippen LogP) is 3.83. The second-order valence-electron chi connectivity index (χ2n) is 9.21. The van der Waals surface area contributed by atoms with Gasteiger partial charge in [0, 0.05) is 11.1 Å². The lowest BCUT2D eigenvalue weighted by Gasteiger charge is -2.46. The van der Waals surface area contributed by atoms with Gasteiger partial charge in [-0.1, -0.05) is 26.3 Å². The Morgan fingerprint density at radius 1 is 1.30 bits per heavy atom. The minimum absolute atomic E-state index is 0.227.